The molecule has 114 valence electrons. The lowest BCUT2D eigenvalue weighted by Gasteiger charge is -2.18. The first-order chi connectivity index (χ1) is 9.26. The second kappa shape index (κ2) is 9.98. The van der Waals surface area contributed by atoms with Crippen LogP contribution in [0.25, 0.3) is 0 Å². The zero-order chi connectivity index (χ0) is 15.6. The Labute approximate surface area is 132 Å². The molecule has 0 N–H and O–H groups in total. The predicted molar refractivity (Wildman–Crippen MR) is 89.8 cm³/mol. The smallest absolute Gasteiger partial charge is 0.330 e. The van der Waals surface area contributed by atoms with Gasteiger partial charge in [-0.3, -0.25) is 0 Å². The van der Waals surface area contributed by atoms with Crippen LogP contribution < -0.4 is 0 Å². The molecule has 0 fully saturated rings. The van der Waals surface area contributed by atoms with Gasteiger partial charge in [-0.2, -0.15) is 0 Å². The molecule has 0 heterocycles. The molecule has 0 bridgehead atoms. The minimum Gasteiger partial charge on any atom is -0.463 e. The van der Waals surface area contributed by atoms with Crippen LogP contribution in [0.4, 0.5) is 0 Å². The number of carbonyl (C=O) groups is 1. The summed E-state index contributed by atoms with van der Waals surface area (Å²) < 4.78 is 6.07. The number of carbonyl (C=O) groups excluding carboxylic acids is 1. The molecule has 0 radical (unpaired) electrons. The summed E-state index contributed by atoms with van der Waals surface area (Å²) in [7, 11) is 0. The molecule has 0 unspecified atom stereocenters. The Morgan fingerprint density at radius 3 is 2.45 bits per heavy atom. The van der Waals surface area contributed by atoms with E-state index in [0.717, 1.165) is 19.3 Å². The van der Waals surface area contributed by atoms with Crippen molar-refractivity contribution in [3.8, 4) is 0 Å². The maximum absolute atomic E-state index is 11.3. The SMILES string of the molecule is CCOC(=O)C=CC(C)(C)CC=C(C)CCC=C(C)Br. The van der Waals surface area contributed by atoms with Gasteiger partial charge in [-0.1, -0.05) is 53.6 Å². The zero-order valence-corrected chi connectivity index (χ0v) is 14.9. The van der Waals surface area contributed by atoms with Crippen LogP contribution in [0.5, 0.6) is 0 Å². The third kappa shape index (κ3) is 11.0. The Morgan fingerprint density at radius 2 is 1.90 bits per heavy atom. The molecule has 0 spiro atoms. The van der Waals surface area contributed by atoms with E-state index in [9.17, 15) is 4.79 Å². The molecular formula is C17H27BrO2. The number of halogens is 1. The fourth-order valence-electron chi connectivity index (χ4n) is 1.59. The Kier molecular flexibility index (Phi) is 9.56. The van der Waals surface area contributed by atoms with Gasteiger partial charge >= 0.3 is 5.97 Å². The Hall–Kier alpha value is -0.830. The molecule has 0 saturated heterocycles. The summed E-state index contributed by atoms with van der Waals surface area (Å²) in [6.07, 6.45) is 10.9. The van der Waals surface area contributed by atoms with Crippen LogP contribution in [-0.4, -0.2) is 12.6 Å². The van der Waals surface area contributed by atoms with Gasteiger partial charge < -0.3 is 4.74 Å². The third-order valence-electron chi connectivity index (χ3n) is 2.90. The average molecular weight is 343 g/mol. The van der Waals surface area contributed by atoms with Crippen LogP contribution in [0.3, 0.4) is 0 Å². The maximum Gasteiger partial charge on any atom is 0.330 e. The third-order valence-corrected chi connectivity index (χ3v) is 3.22. The highest BCUT2D eigenvalue weighted by Gasteiger charge is 2.12. The van der Waals surface area contributed by atoms with Gasteiger partial charge in [0.2, 0.25) is 0 Å². The molecule has 0 aliphatic carbocycles. The number of esters is 1. The van der Waals surface area contributed by atoms with Gasteiger partial charge in [0.1, 0.15) is 0 Å². The largest absolute Gasteiger partial charge is 0.463 e. The van der Waals surface area contributed by atoms with Crippen molar-refractivity contribution in [1.29, 1.82) is 0 Å². The lowest BCUT2D eigenvalue weighted by molar-refractivity contribution is -0.137. The maximum atomic E-state index is 11.3. The van der Waals surface area contributed by atoms with Crippen molar-refractivity contribution >= 4 is 21.9 Å². The van der Waals surface area contributed by atoms with E-state index in [0.29, 0.717) is 6.61 Å². The van der Waals surface area contributed by atoms with E-state index < -0.39 is 0 Å². The van der Waals surface area contributed by atoms with E-state index in [2.05, 4.69) is 48.9 Å². The van der Waals surface area contributed by atoms with Gasteiger partial charge in [-0.05, 0) is 49.9 Å². The lowest BCUT2D eigenvalue weighted by atomic mass is 9.87. The predicted octanol–water partition coefficient (Wildman–Crippen LogP) is 5.55. The quantitative estimate of drug-likeness (QED) is 0.328. The number of hydrogen-bond donors (Lipinski definition) is 0. The van der Waals surface area contributed by atoms with E-state index in [-0.39, 0.29) is 11.4 Å². The minimum absolute atomic E-state index is 0.0325. The van der Waals surface area contributed by atoms with E-state index in [1.54, 1.807) is 0 Å². The van der Waals surface area contributed by atoms with Gasteiger partial charge in [0, 0.05) is 6.08 Å². The zero-order valence-electron chi connectivity index (χ0n) is 13.3. The minimum atomic E-state index is -0.265. The molecule has 0 rings (SSSR count). The van der Waals surface area contributed by atoms with Crippen molar-refractivity contribution in [2.75, 3.05) is 6.61 Å². The lowest BCUT2D eigenvalue weighted by Crippen LogP contribution is -2.08. The van der Waals surface area contributed by atoms with Crippen LogP contribution in [0.15, 0.2) is 34.4 Å². The van der Waals surface area contributed by atoms with Crippen LogP contribution in [0, 0.1) is 5.41 Å². The number of hydrogen-bond acceptors (Lipinski definition) is 2. The van der Waals surface area contributed by atoms with Crippen LogP contribution in [0.1, 0.15) is 53.9 Å². The first kappa shape index (κ1) is 19.2. The van der Waals surface area contributed by atoms with Crippen molar-refractivity contribution in [3.05, 3.63) is 34.4 Å². The highest BCUT2D eigenvalue weighted by atomic mass is 79.9. The van der Waals surface area contributed by atoms with Crippen molar-refractivity contribution in [1.82, 2.24) is 0 Å². The normalized spacial score (nSPS) is 13.9. The summed E-state index contributed by atoms with van der Waals surface area (Å²) in [6.45, 7) is 10.7. The number of rotatable bonds is 8. The summed E-state index contributed by atoms with van der Waals surface area (Å²) in [5, 5.41) is 0. The molecule has 0 aromatic rings. The van der Waals surface area contributed by atoms with Crippen LogP contribution in [0.2, 0.25) is 0 Å². The molecule has 20 heavy (non-hydrogen) atoms. The summed E-state index contributed by atoms with van der Waals surface area (Å²) in [5.41, 5.74) is 1.35. The van der Waals surface area contributed by atoms with Gasteiger partial charge in [-0.15, -0.1) is 0 Å². The van der Waals surface area contributed by atoms with Crippen molar-refractivity contribution in [2.24, 2.45) is 5.41 Å². The highest BCUT2D eigenvalue weighted by Crippen LogP contribution is 2.24. The second-order valence-corrected chi connectivity index (χ2v) is 6.91. The van der Waals surface area contributed by atoms with E-state index in [1.807, 2.05) is 19.9 Å². The summed E-state index contributed by atoms with van der Waals surface area (Å²) in [6, 6.07) is 0. The molecule has 0 aromatic carbocycles. The Morgan fingerprint density at radius 1 is 1.25 bits per heavy atom. The Bertz CT molecular complexity index is 386. The molecule has 0 atom stereocenters. The standard InChI is InChI=1S/C17H27BrO2/c1-6-20-16(19)11-13-17(4,5)12-10-14(2)8-7-9-15(3)18/h9-11,13H,6-8,12H2,1-5H3. The van der Waals surface area contributed by atoms with Crippen molar-refractivity contribution in [2.45, 2.75) is 53.9 Å². The summed E-state index contributed by atoms with van der Waals surface area (Å²) in [5.74, 6) is -0.265. The fraction of sp³-hybridized carbons (Fsp3) is 0.588. The summed E-state index contributed by atoms with van der Waals surface area (Å²) >= 11 is 3.43. The molecule has 0 saturated carbocycles. The molecular weight excluding hydrogens is 316 g/mol. The molecule has 0 aromatic heterocycles. The van der Waals surface area contributed by atoms with Crippen LogP contribution >= 0.6 is 15.9 Å². The van der Waals surface area contributed by atoms with Crippen molar-refractivity contribution in [3.63, 3.8) is 0 Å². The van der Waals surface area contributed by atoms with E-state index in [1.165, 1.54) is 16.1 Å². The molecule has 0 aliphatic heterocycles. The molecule has 0 amide bonds. The van der Waals surface area contributed by atoms with Gasteiger partial charge in [-0.25, -0.2) is 4.79 Å². The molecule has 0 aliphatic rings. The van der Waals surface area contributed by atoms with E-state index >= 15 is 0 Å². The van der Waals surface area contributed by atoms with E-state index in [4.69, 9.17) is 4.74 Å². The van der Waals surface area contributed by atoms with Crippen LogP contribution in [-0.2, 0) is 9.53 Å². The topological polar surface area (TPSA) is 26.3 Å². The second-order valence-electron chi connectivity index (χ2n) is 5.66. The molecule has 3 heteroatoms. The summed E-state index contributed by atoms with van der Waals surface area (Å²) in [4.78, 5) is 11.3. The fourth-order valence-corrected chi connectivity index (χ4v) is 1.82. The first-order valence-electron chi connectivity index (χ1n) is 7.10. The number of allylic oxidation sites excluding steroid dienone is 5. The van der Waals surface area contributed by atoms with Gasteiger partial charge in [0.05, 0.1) is 6.61 Å². The first-order valence-corrected chi connectivity index (χ1v) is 7.90. The number of ether oxygens (including phenoxy) is 1. The Balaban J connectivity index is 4.31. The van der Waals surface area contributed by atoms with Gasteiger partial charge in [0.25, 0.3) is 0 Å². The average Bonchev–Trinajstić information content (AvgIpc) is 2.34. The molecule has 2 nitrogen and oxygen atoms in total. The monoisotopic (exact) mass is 342 g/mol. The highest BCUT2D eigenvalue weighted by molar-refractivity contribution is 9.11. The van der Waals surface area contributed by atoms with Crippen molar-refractivity contribution < 1.29 is 9.53 Å². The van der Waals surface area contributed by atoms with Gasteiger partial charge in [0.15, 0.2) is 0 Å².